The Morgan fingerprint density at radius 3 is 1.46 bits per heavy atom. The van der Waals surface area contributed by atoms with E-state index in [2.05, 4.69) is 38.2 Å². The van der Waals surface area contributed by atoms with E-state index in [0.717, 1.165) is 57.8 Å². The summed E-state index contributed by atoms with van der Waals surface area (Å²) in [6, 6.07) is -0.700. The lowest BCUT2D eigenvalue weighted by molar-refractivity contribution is -0.151. The molecule has 0 aromatic rings. The smallest absolute Gasteiger partial charge is 0.306 e. The number of hydrogen-bond donors (Lipinski definition) is 3. The highest BCUT2D eigenvalue weighted by Crippen LogP contribution is 2.17. The lowest BCUT2D eigenvalue weighted by Crippen LogP contribution is -2.46. The van der Waals surface area contributed by atoms with Crippen LogP contribution in [-0.4, -0.2) is 46.9 Å². The molecular weight excluding hydrogens is 622 g/mol. The fraction of sp³-hybridized carbons (Fsp3) is 0.909. The molecule has 0 heterocycles. The monoisotopic (exact) mass is 708 g/mol. The minimum absolute atomic E-state index is 0.0621. The van der Waals surface area contributed by atoms with Crippen LogP contribution in [0.4, 0.5) is 0 Å². The summed E-state index contributed by atoms with van der Waals surface area (Å²) >= 11 is 0. The number of ether oxygens (including phenoxy) is 1. The number of unbranched alkanes of at least 4 members (excludes halogenated alkanes) is 25. The van der Waals surface area contributed by atoms with Crippen molar-refractivity contribution in [3.8, 4) is 0 Å². The molecule has 3 N–H and O–H groups in total. The van der Waals surface area contributed by atoms with Crippen LogP contribution in [0.25, 0.3) is 0 Å². The van der Waals surface area contributed by atoms with Crippen molar-refractivity contribution in [2.75, 3.05) is 6.61 Å². The Labute approximate surface area is 310 Å². The third kappa shape index (κ3) is 33.7. The summed E-state index contributed by atoms with van der Waals surface area (Å²) in [5.74, 6) is -0.499. The van der Waals surface area contributed by atoms with E-state index in [4.69, 9.17) is 4.74 Å². The first kappa shape index (κ1) is 48.6. The number of carbonyl (C=O) groups is 2. The number of amides is 1. The van der Waals surface area contributed by atoms with E-state index in [1.165, 1.54) is 128 Å². The normalized spacial score (nSPS) is 13.5. The summed E-state index contributed by atoms with van der Waals surface area (Å²) in [4.78, 5) is 25.8. The molecule has 3 atom stereocenters. The molecule has 0 aromatic heterocycles. The Balaban J connectivity index is 4.60. The van der Waals surface area contributed by atoms with Gasteiger partial charge in [-0.3, -0.25) is 9.59 Å². The molecule has 0 rings (SSSR count). The molecule has 0 aliphatic rings. The molecule has 0 aliphatic heterocycles. The topological polar surface area (TPSA) is 95.9 Å². The van der Waals surface area contributed by atoms with Crippen molar-refractivity contribution >= 4 is 11.9 Å². The quantitative estimate of drug-likeness (QED) is 0.0336. The lowest BCUT2D eigenvalue weighted by atomic mass is 10.0. The van der Waals surface area contributed by atoms with Crippen LogP contribution >= 0.6 is 0 Å². The molecule has 6 heteroatoms. The molecule has 3 unspecified atom stereocenters. The highest BCUT2D eigenvalue weighted by molar-refractivity contribution is 5.77. The second kappa shape index (κ2) is 38.8. The van der Waals surface area contributed by atoms with E-state index < -0.39 is 18.2 Å². The molecule has 0 radical (unpaired) electrons. The molecular formula is C44H85NO5. The van der Waals surface area contributed by atoms with E-state index in [1.54, 1.807) is 0 Å². The Morgan fingerprint density at radius 1 is 0.560 bits per heavy atom. The van der Waals surface area contributed by atoms with Gasteiger partial charge in [-0.1, -0.05) is 187 Å². The van der Waals surface area contributed by atoms with Crippen molar-refractivity contribution in [3.05, 3.63) is 12.2 Å². The van der Waals surface area contributed by atoms with Gasteiger partial charge in [0.1, 0.15) is 6.10 Å². The number of nitrogens with one attached hydrogen (secondary N) is 1. The number of allylic oxidation sites excluding steroid dienone is 2. The van der Waals surface area contributed by atoms with E-state index in [1.807, 2.05) is 0 Å². The van der Waals surface area contributed by atoms with Crippen molar-refractivity contribution in [1.29, 1.82) is 0 Å². The molecule has 0 aliphatic carbocycles. The van der Waals surface area contributed by atoms with Crippen LogP contribution in [0, 0.1) is 0 Å². The average Bonchev–Trinajstić information content (AvgIpc) is 3.10. The Hall–Kier alpha value is -1.40. The van der Waals surface area contributed by atoms with E-state index >= 15 is 0 Å². The predicted octanol–water partition coefficient (Wildman–Crippen LogP) is 12.2. The maximum absolute atomic E-state index is 13.1. The first-order valence-electron chi connectivity index (χ1n) is 21.9. The summed E-state index contributed by atoms with van der Waals surface area (Å²) in [6.45, 7) is 6.43. The van der Waals surface area contributed by atoms with Crippen molar-refractivity contribution in [3.63, 3.8) is 0 Å². The number of rotatable bonds is 39. The number of aliphatic hydroxyl groups excluding tert-OH is 2. The molecule has 0 fully saturated rings. The summed E-state index contributed by atoms with van der Waals surface area (Å²) < 4.78 is 5.86. The number of hydrogen-bond acceptors (Lipinski definition) is 5. The van der Waals surface area contributed by atoms with Gasteiger partial charge in [-0.25, -0.2) is 0 Å². The van der Waals surface area contributed by atoms with Crippen LogP contribution < -0.4 is 5.32 Å². The standard InChI is InChI=1S/C44H85NO5/c1-4-7-10-13-16-19-21-24-26-29-32-35-40(50-44(49)37-34-31-28-23-18-15-12-9-6-3)38-43(48)45-41(39-46)42(47)36-33-30-27-25-22-20-17-14-11-8-5-2/h24,26,40-42,46-47H,4-23,25,27-39H2,1-3H3,(H,45,48)/b26-24-. The van der Waals surface area contributed by atoms with E-state index in [-0.39, 0.29) is 24.9 Å². The average molecular weight is 708 g/mol. The van der Waals surface area contributed by atoms with Gasteiger partial charge in [0.25, 0.3) is 0 Å². The minimum atomic E-state index is -0.785. The van der Waals surface area contributed by atoms with Gasteiger partial charge >= 0.3 is 5.97 Å². The summed E-state index contributed by atoms with van der Waals surface area (Å²) in [6.07, 6.45) is 39.9. The highest BCUT2D eigenvalue weighted by atomic mass is 16.5. The van der Waals surface area contributed by atoms with E-state index in [9.17, 15) is 19.8 Å². The van der Waals surface area contributed by atoms with E-state index in [0.29, 0.717) is 19.3 Å². The SMILES string of the molecule is CCCCCCCC/C=C\CCCC(CC(=O)NC(CO)C(O)CCCCCCCCCCCCC)OC(=O)CCCCCCCCCCC. The Morgan fingerprint density at radius 2 is 0.980 bits per heavy atom. The molecule has 0 saturated carbocycles. The Kier molecular flexibility index (Phi) is 37.7. The second-order valence-corrected chi connectivity index (χ2v) is 15.1. The number of aliphatic hydroxyl groups is 2. The highest BCUT2D eigenvalue weighted by Gasteiger charge is 2.24. The predicted molar refractivity (Wildman–Crippen MR) is 213 cm³/mol. The fourth-order valence-corrected chi connectivity index (χ4v) is 6.72. The third-order valence-electron chi connectivity index (χ3n) is 10.1. The molecule has 1 amide bonds. The third-order valence-corrected chi connectivity index (χ3v) is 10.1. The van der Waals surface area contributed by atoms with Crippen LogP contribution in [0.1, 0.15) is 233 Å². The lowest BCUT2D eigenvalue weighted by Gasteiger charge is -2.24. The van der Waals surface area contributed by atoms with Gasteiger partial charge in [0, 0.05) is 6.42 Å². The molecule has 6 nitrogen and oxygen atoms in total. The van der Waals surface area contributed by atoms with Gasteiger partial charge in [-0.2, -0.15) is 0 Å². The molecule has 0 aromatic carbocycles. The van der Waals surface area contributed by atoms with Crippen LogP contribution in [-0.2, 0) is 14.3 Å². The van der Waals surface area contributed by atoms with Crippen molar-refractivity contribution < 1.29 is 24.5 Å². The number of esters is 1. The minimum Gasteiger partial charge on any atom is -0.462 e. The van der Waals surface area contributed by atoms with Gasteiger partial charge in [-0.05, 0) is 44.9 Å². The van der Waals surface area contributed by atoms with Gasteiger partial charge in [0.2, 0.25) is 5.91 Å². The molecule has 296 valence electrons. The first-order valence-corrected chi connectivity index (χ1v) is 21.9. The van der Waals surface area contributed by atoms with Gasteiger partial charge in [-0.15, -0.1) is 0 Å². The van der Waals surface area contributed by atoms with Crippen LogP contribution in [0.5, 0.6) is 0 Å². The van der Waals surface area contributed by atoms with Crippen LogP contribution in [0.3, 0.4) is 0 Å². The maximum atomic E-state index is 13.1. The first-order chi connectivity index (χ1) is 24.5. The zero-order valence-corrected chi connectivity index (χ0v) is 33.5. The maximum Gasteiger partial charge on any atom is 0.306 e. The molecule has 50 heavy (non-hydrogen) atoms. The van der Waals surface area contributed by atoms with Crippen molar-refractivity contribution in [2.45, 2.75) is 251 Å². The fourth-order valence-electron chi connectivity index (χ4n) is 6.72. The summed E-state index contributed by atoms with van der Waals surface area (Å²) in [5, 5.41) is 23.5. The summed E-state index contributed by atoms with van der Waals surface area (Å²) in [7, 11) is 0. The van der Waals surface area contributed by atoms with Gasteiger partial charge in [0.15, 0.2) is 0 Å². The van der Waals surface area contributed by atoms with Crippen LogP contribution in [0.2, 0.25) is 0 Å². The largest absolute Gasteiger partial charge is 0.462 e. The molecule has 0 spiro atoms. The molecule has 0 bridgehead atoms. The Bertz CT molecular complexity index is 757. The zero-order valence-electron chi connectivity index (χ0n) is 33.5. The number of carbonyl (C=O) groups excluding carboxylic acids is 2. The zero-order chi connectivity index (χ0) is 36.8. The van der Waals surface area contributed by atoms with Crippen molar-refractivity contribution in [2.24, 2.45) is 0 Å². The van der Waals surface area contributed by atoms with Gasteiger partial charge < -0.3 is 20.3 Å². The molecule has 0 saturated heterocycles. The second-order valence-electron chi connectivity index (χ2n) is 15.1. The summed E-state index contributed by atoms with van der Waals surface area (Å²) in [5.41, 5.74) is 0. The van der Waals surface area contributed by atoms with Gasteiger partial charge in [0.05, 0.1) is 25.2 Å². The van der Waals surface area contributed by atoms with Crippen molar-refractivity contribution in [1.82, 2.24) is 5.32 Å². The van der Waals surface area contributed by atoms with Crippen LogP contribution in [0.15, 0.2) is 12.2 Å².